The minimum atomic E-state index is -1.51. The van der Waals surface area contributed by atoms with E-state index in [1.165, 1.54) is 66.7 Å². The predicted octanol–water partition coefficient (Wildman–Crippen LogP) is 1.01. The Balaban J connectivity index is 1.66. The average molecular weight is 401 g/mol. The summed E-state index contributed by atoms with van der Waals surface area (Å²) in [7, 11) is 0. The number of amides is 2. The number of carboxylic acids is 2. The van der Waals surface area contributed by atoms with Crippen LogP contribution in [0.3, 0.4) is 0 Å². The lowest BCUT2D eigenvalue weighted by Gasteiger charge is -2.18. The third kappa shape index (κ3) is 3.16. The molecule has 0 spiro atoms. The van der Waals surface area contributed by atoms with Gasteiger partial charge in [0.15, 0.2) is 0 Å². The van der Waals surface area contributed by atoms with Gasteiger partial charge in [-0.1, -0.05) is 18.2 Å². The van der Waals surface area contributed by atoms with Crippen molar-refractivity contribution in [3.8, 4) is 11.5 Å². The van der Waals surface area contributed by atoms with Crippen LogP contribution in [0.4, 0.5) is 5.69 Å². The third-order valence-corrected chi connectivity index (χ3v) is 4.55. The van der Waals surface area contributed by atoms with Crippen molar-refractivity contribution in [3.05, 3.63) is 89.0 Å². The highest BCUT2D eigenvalue weighted by Crippen LogP contribution is 2.33. The number of fused-ring (bicyclic) bond motifs is 1. The lowest BCUT2D eigenvalue weighted by Crippen LogP contribution is -2.33. The molecule has 3 aromatic rings. The van der Waals surface area contributed by atoms with Crippen LogP contribution in [0, 0.1) is 0 Å². The molecular weight excluding hydrogens is 390 g/mol. The highest BCUT2D eigenvalue weighted by Gasteiger charge is 2.38. The van der Waals surface area contributed by atoms with Gasteiger partial charge in [0.2, 0.25) is 0 Å². The van der Waals surface area contributed by atoms with Crippen LogP contribution in [0.25, 0.3) is 0 Å². The molecule has 0 saturated heterocycles. The molecule has 0 aliphatic carbocycles. The van der Waals surface area contributed by atoms with E-state index in [2.05, 4.69) is 0 Å². The lowest BCUT2D eigenvalue weighted by atomic mass is 10.1. The fraction of sp³-hybridized carbons (Fsp3) is 0. The number of ether oxygens (including phenoxy) is 1. The Bertz CT molecular complexity index is 1210. The third-order valence-electron chi connectivity index (χ3n) is 4.55. The van der Waals surface area contributed by atoms with E-state index in [-0.39, 0.29) is 33.7 Å². The molecule has 0 saturated carbocycles. The van der Waals surface area contributed by atoms with Crippen LogP contribution >= 0.6 is 0 Å². The van der Waals surface area contributed by atoms with Crippen LogP contribution in [0.2, 0.25) is 0 Å². The Morgan fingerprint density at radius 3 is 2.03 bits per heavy atom. The van der Waals surface area contributed by atoms with Gasteiger partial charge in [0.1, 0.15) is 11.5 Å². The van der Waals surface area contributed by atoms with Crippen molar-refractivity contribution in [1.29, 1.82) is 0 Å². The van der Waals surface area contributed by atoms with Gasteiger partial charge in [0.25, 0.3) is 11.8 Å². The second-order valence-corrected chi connectivity index (χ2v) is 6.37. The van der Waals surface area contributed by atoms with Crippen LogP contribution < -0.4 is 19.8 Å². The normalized spacial score (nSPS) is 12.6. The zero-order valence-corrected chi connectivity index (χ0v) is 15.2. The first kappa shape index (κ1) is 18.9. The molecular formula is C22H11NO7-2. The number of benzene rings is 3. The summed E-state index contributed by atoms with van der Waals surface area (Å²) in [5, 5.41) is 22.2. The van der Waals surface area contributed by atoms with E-state index in [1.807, 2.05) is 0 Å². The van der Waals surface area contributed by atoms with E-state index in [9.17, 15) is 29.4 Å². The molecule has 0 radical (unpaired) electrons. The molecule has 148 valence electrons. The number of para-hydroxylation sites is 1. The maximum Gasteiger partial charge on any atom is 0.266 e. The second kappa shape index (κ2) is 7.17. The number of nitrogens with zero attached hydrogens (tertiary/aromatic N) is 1. The van der Waals surface area contributed by atoms with Crippen LogP contribution in [-0.4, -0.2) is 23.8 Å². The summed E-state index contributed by atoms with van der Waals surface area (Å²) in [6.07, 6.45) is 0. The minimum Gasteiger partial charge on any atom is -0.545 e. The zero-order chi connectivity index (χ0) is 21.4. The fourth-order valence-electron chi connectivity index (χ4n) is 3.14. The van der Waals surface area contributed by atoms with Gasteiger partial charge in [-0.05, 0) is 54.1 Å². The Morgan fingerprint density at radius 1 is 0.733 bits per heavy atom. The molecule has 3 aromatic carbocycles. The number of hydrogen-bond donors (Lipinski definition) is 0. The van der Waals surface area contributed by atoms with Gasteiger partial charge in [-0.25, -0.2) is 4.90 Å². The van der Waals surface area contributed by atoms with Gasteiger partial charge in [-0.15, -0.1) is 0 Å². The zero-order valence-electron chi connectivity index (χ0n) is 15.2. The summed E-state index contributed by atoms with van der Waals surface area (Å²) in [5.41, 5.74) is -0.218. The quantitative estimate of drug-likeness (QED) is 0.584. The first-order valence-corrected chi connectivity index (χ1v) is 8.69. The Morgan fingerprint density at radius 2 is 1.37 bits per heavy atom. The van der Waals surface area contributed by atoms with Crippen molar-refractivity contribution in [2.24, 2.45) is 0 Å². The van der Waals surface area contributed by atoms with Crippen molar-refractivity contribution in [1.82, 2.24) is 0 Å². The summed E-state index contributed by atoms with van der Waals surface area (Å²) in [5.74, 6) is -3.62. The first-order valence-electron chi connectivity index (χ1n) is 8.69. The van der Waals surface area contributed by atoms with Crippen molar-refractivity contribution in [3.63, 3.8) is 0 Å². The number of rotatable bonds is 5. The van der Waals surface area contributed by atoms with Crippen molar-refractivity contribution in [2.45, 2.75) is 0 Å². The van der Waals surface area contributed by atoms with Crippen molar-refractivity contribution < 1.29 is 34.1 Å². The topological polar surface area (TPSA) is 127 Å². The minimum absolute atomic E-state index is 0.0145. The second-order valence-electron chi connectivity index (χ2n) is 6.37. The van der Waals surface area contributed by atoms with Gasteiger partial charge in [-0.2, -0.15) is 0 Å². The molecule has 1 aliphatic rings. The molecule has 0 bridgehead atoms. The maximum atomic E-state index is 12.9. The van der Waals surface area contributed by atoms with E-state index in [0.717, 1.165) is 4.90 Å². The van der Waals surface area contributed by atoms with Crippen LogP contribution in [0.1, 0.15) is 41.4 Å². The SMILES string of the molecule is O=C([O-])c1ccc(Oc2ccc3c(c2)C(=O)N(c2ccccc2C(=O)[O-])C3=O)cc1. The number of anilines is 1. The smallest absolute Gasteiger partial charge is 0.266 e. The molecule has 0 atom stereocenters. The van der Waals surface area contributed by atoms with Gasteiger partial charge < -0.3 is 24.5 Å². The van der Waals surface area contributed by atoms with Crippen molar-refractivity contribution >= 4 is 29.4 Å². The van der Waals surface area contributed by atoms with E-state index in [0.29, 0.717) is 5.75 Å². The lowest BCUT2D eigenvalue weighted by molar-refractivity contribution is -0.256. The summed E-state index contributed by atoms with van der Waals surface area (Å²) < 4.78 is 5.63. The molecule has 0 N–H and O–H groups in total. The van der Waals surface area contributed by atoms with Crippen LogP contribution in [0.5, 0.6) is 11.5 Å². The predicted molar refractivity (Wildman–Crippen MR) is 99.2 cm³/mol. The molecule has 1 heterocycles. The molecule has 30 heavy (non-hydrogen) atoms. The monoisotopic (exact) mass is 401 g/mol. The van der Waals surface area contributed by atoms with Crippen LogP contribution in [0.15, 0.2) is 66.7 Å². The number of carbonyl (C=O) groups excluding carboxylic acids is 4. The molecule has 4 rings (SSSR count). The molecule has 8 nitrogen and oxygen atoms in total. The van der Waals surface area contributed by atoms with Crippen LogP contribution in [-0.2, 0) is 0 Å². The van der Waals surface area contributed by atoms with E-state index in [1.54, 1.807) is 0 Å². The van der Waals surface area contributed by atoms with E-state index < -0.39 is 23.8 Å². The summed E-state index contributed by atoms with van der Waals surface area (Å²) in [6.45, 7) is 0. The maximum absolute atomic E-state index is 12.9. The molecule has 0 aromatic heterocycles. The largest absolute Gasteiger partial charge is 0.545 e. The van der Waals surface area contributed by atoms with E-state index >= 15 is 0 Å². The van der Waals surface area contributed by atoms with E-state index in [4.69, 9.17) is 4.74 Å². The standard InChI is InChI=1S/C22H13NO7/c24-19-15-10-9-14(30-13-7-5-12(6-8-13)21(26)27)11-17(15)20(25)23(19)18-4-2-1-3-16(18)22(28)29/h1-11H,(H,26,27)(H,28,29)/p-2. The van der Waals surface area contributed by atoms with Crippen molar-refractivity contribution in [2.75, 3.05) is 4.90 Å². The first-order chi connectivity index (χ1) is 14.4. The fourth-order valence-corrected chi connectivity index (χ4v) is 3.14. The highest BCUT2D eigenvalue weighted by molar-refractivity contribution is 6.35. The summed E-state index contributed by atoms with van der Waals surface area (Å²) in [4.78, 5) is 48.6. The summed E-state index contributed by atoms with van der Waals surface area (Å²) in [6, 6.07) is 15.3. The Hall–Kier alpha value is -4.46. The number of carbonyl (C=O) groups is 4. The van der Waals surface area contributed by atoms with Gasteiger partial charge in [-0.3, -0.25) is 9.59 Å². The summed E-state index contributed by atoms with van der Waals surface area (Å²) >= 11 is 0. The molecule has 0 unspecified atom stereocenters. The van der Waals surface area contributed by atoms with Gasteiger partial charge >= 0.3 is 0 Å². The molecule has 1 aliphatic heterocycles. The van der Waals surface area contributed by atoms with Gasteiger partial charge in [0.05, 0.1) is 28.8 Å². The average Bonchev–Trinajstić information content (AvgIpc) is 2.98. The number of carboxylic acid groups (broad SMARTS) is 2. The Kier molecular flexibility index (Phi) is 4.51. The highest BCUT2D eigenvalue weighted by atomic mass is 16.5. The number of hydrogen-bond acceptors (Lipinski definition) is 7. The van der Waals surface area contributed by atoms with Gasteiger partial charge in [0, 0.05) is 5.56 Å². The number of imide groups is 1. The Labute approximate surface area is 169 Å². The molecule has 2 amide bonds. The number of aromatic carboxylic acids is 2. The molecule has 0 fully saturated rings. The molecule has 8 heteroatoms.